The van der Waals surface area contributed by atoms with E-state index < -0.39 is 12.0 Å². The molecule has 1 aromatic rings. The topological polar surface area (TPSA) is 86.7 Å². The molecule has 0 radical (unpaired) electrons. The Kier molecular flexibility index (Phi) is 7.18. The van der Waals surface area contributed by atoms with Gasteiger partial charge in [0.25, 0.3) is 0 Å². The number of carboxylic acid groups (broad SMARTS) is 1. The van der Waals surface area contributed by atoms with Gasteiger partial charge in [0.05, 0.1) is 0 Å². The highest BCUT2D eigenvalue weighted by Gasteiger charge is 2.29. The lowest BCUT2D eigenvalue weighted by Gasteiger charge is -2.26. The number of rotatable bonds is 8. The molecule has 142 valence electrons. The Hall–Kier alpha value is -2.37. The molecule has 1 aromatic carbocycles. The average molecular weight is 360 g/mol. The minimum Gasteiger partial charge on any atom is -0.480 e. The Balaban J connectivity index is 1.90. The minimum absolute atomic E-state index is 0.00419. The predicted octanol–water partition coefficient (Wildman–Crippen LogP) is 2.23. The second kappa shape index (κ2) is 9.36. The van der Waals surface area contributed by atoms with Gasteiger partial charge in [-0.15, -0.1) is 0 Å². The molecule has 6 nitrogen and oxygen atoms in total. The Labute approximate surface area is 154 Å². The molecule has 0 heterocycles. The maximum Gasteiger partial charge on any atom is 0.326 e. The molecule has 2 N–H and O–H groups in total. The first-order chi connectivity index (χ1) is 12.4. The minimum atomic E-state index is -1.03. The number of nitrogens with one attached hydrogen (secondary N) is 1. The summed E-state index contributed by atoms with van der Waals surface area (Å²) >= 11 is 0. The first kappa shape index (κ1) is 19.9. The van der Waals surface area contributed by atoms with Crippen LogP contribution in [0.2, 0.25) is 0 Å². The van der Waals surface area contributed by atoms with Crippen LogP contribution in [0, 0.1) is 5.92 Å². The average Bonchev–Trinajstić information content (AvgIpc) is 3.14. The molecule has 1 aliphatic carbocycles. The zero-order valence-electron chi connectivity index (χ0n) is 15.5. The largest absolute Gasteiger partial charge is 0.480 e. The van der Waals surface area contributed by atoms with E-state index in [1.807, 2.05) is 30.3 Å². The molecule has 2 atom stereocenters. The number of carboxylic acids is 1. The summed E-state index contributed by atoms with van der Waals surface area (Å²) in [6.45, 7) is 1.78. The number of likely N-dealkylation sites (N-methyl/N-ethyl adjacent to an activating group) is 1. The van der Waals surface area contributed by atoms with Crippen molar-refractivity contribution in [1.82, 2.24) is 10.2 Å². The fourth-order valence-corrected chi connectivity index (χ4v) is 3.41. The van der Waals surface area contributed by atoms with Crippen molar-refractivity contribution in [3.05, 3.63) is 35.9 Å². The molecule has 0 aromatic heterocycles. The maximum atomic E-state index is 12.5. The summed E-state index contributed by atoms with van der Waals surface area (Å²) in [5, 5.41) is 12.4. The van der Waals surface area contributed by atoms with Gasteiger partial charge in [0.1, 0.15) is 6.04 Å². The lowest BCUT2D eigenvalue weighted by Crippen LogP contribution is -2.46. The SMILES string of the molecule is CC(CC(=O)N(C)C(Cc1ccccc1)C(=O)O)NC(=O)C1CCCC1. The van der Waals surface area contributed by atoms with Crippen LogP contribution in [0.5, 0.6) is 0 Å². The third-order valence-corrected chi connectivity index (χ3v) is 5.01. The molecule has 2 amide bonds. The van der Waals surface area contributed by atoms with E-state index >= 15 is 0 Å². The monoisotopic (exact) mass is 360 g/mol. The molecule has 1 fully saturated rings. The molecule has 1 aliphatic rings. The summed E-state index contributed by atoms with van der Waals surface area (Å²) in [6.07, 6.45) is 4.31. The Morgan fingerprint density at radius 1 is 1.19 bits per heavy atom. The Bertz CT molecular complexity index is 626. The Morgan fingerprint density at radius 2 is 1.81 bits per heavy atom. The molecule has 0 saturated heterocycles. The number of carbonyl (C=O) groups is 3. The van der Waals surface area contributed by atoms with Gasteiger partial charge >= 0.3 is 5.97 Å². The van der Waals surface area contributed by atoms with E-state index in [-0.39, 0.29) is 36.6 Å². The standard InChI is InChI=1S/C20H28N2O4/c1-14(21-19(24)16-10-6-7-11-16)12-18(23)22(2)17(20(25)26)13-15-8-4-3-5-9-15/h3-5,8-9,14,16-17H,6-7,10-13H2,1-2H3,(H,21,24)(H,25,26). The normalized spacial score (nSPS) is 16.7. The molecule has 2 rings (SSSR count). The molecule has 0 aliphatic heterocycles. The summed E-state index contributed by atoms with van der Waals surface area (Å²) in [5.74, 6) is -1.26. The molecule has 26 heavy (non-hydrogen) atoms. The van der Waals surface area contributed by atoms with Gasteiger partial charge in [-0.25, -0.2) is 4.79 Å². The van der Waals surface area contributed by atoms with E-state index in [1.54, 1.807) is 6.92 Å². The third-order valence-electron chi connectivity index (χ3n) is 5.01. The van der Waals surface area contributed by atoms with E-state index in [0.717, 1.165) is 31.2 Å². The van der Waals surface area contributed by atoms with Crippen LogP contribution < -0.4 is 5.32 Å². The van der Waals surface area contributed by atoms with Crippen LogP contribution >= 0.6 is 0 Å². The van der Waals surface area contributed by atoms with Gasteiger partial charge in [0.15, 0.2) is 0 Å². The number of carbonyl (C=O) groups excluding carboxylic acids is 2. The molecule has 0 spiro atoms. The van der Waals surface area contributed by atoms with E-state index in [4.69, 9.17) is 0 Å². The van der Waals surface area contributed by atoms with E-state index in [1.165, 1.54) is 11.9 Å². The Morgan fingerprint density at radius 3 is 2.38 bits per heavy atom. The summed E-state index contributed by atoms with van der Waals surface area (Å²) < 4.78 is 0. The van der Waals surface area contributed by atoms with Crippen molar-refractivity contribution in [3.8, 4) is 0 Å². The predicted molar refractivity (Wildman–Crippen MR) is 98.5 cm³/mol. The van der Waals surface area contributed by atoms with E-state index in [2.05, 4.69) is 5.32 Å². The second-order valence-electron chi connectivity index (χ2n) is 7.14. The third kappa shape index (κ3) is 5.58. The van der Waals surface area contributed by atoms with E-state index in [0.29, 0.717) is 0 Å². The van der Waals surface area contributed by atoms with Crippen LogP contribution in [0.25, 0.3) is 0 Å². The van der Waals surface area contributed by atoms with Crippen LogP contribution in [0.15, 0.2) is 30.3 Å². The smallest absolute Gasteiger partial charge is 0.326 e. The van der Waals surface area contributed by atoms with Crippen molar-refractivity contribution < 1.29 is 19.5 Å². The van der Waals surface area contributed by atoms with Gasteiger partial charge in [-0.2, -0.15) is 0 Å². The summed E-state index contributed by atoms with van der Waals surface area (Å²) in [4.78, 5) is 37.6. The lowest BCUT2D eigenvalue weighted by molar-refractivity contribution is -0.149. The highest BCUT2D eigenvalue weighted by Crippen LogP contribution is 2.24. The van der Waals surface area contributed by atoms with Crippen molar-refractivity contribution in [1.29, 1.82) is 0 Å². The van der Waals surface area contributed by atoms with Gasteiger partial charge in [-0.05, 0) is 25.3 Å². The van der Waals surface area contributed by atoms with Crippen LogP contribution in [0.1, 0.15) is 44.6 Å². The molecular formula is C20H28N2O4. The fourth-order valence-electron chi connectivity index (χ4n) is 3.41. The number of benzene rings is 1. The number of aliphatic carboxylic acids is 1. The highest BCUT2D eigenvalue weighted by molar-refractivity contribution is 5.85. The van der Waals surface area contributed by atoms with Crippen molar-refractivity contribution >= 4 is 17.8 Å². The molecular weight excluding hydrogens is 332 g/mol. The summed E-state index contributed by atoms with van der Waals surface area (Å²) in [5.41, 5.74) is 0.863. The molecule has 0 bridgehead atoms. The molecule has 2 unspecified atom stereocenters. The number of amides is 2. The first-order valence-electron chi connectivity index (χ1n) is 9.21. The highest BCUT2D eigenvalue weighted by atomic mass is 16.4. The zero-order chi connectivity index (χ0) is 19.1. The summed E-state index contributed by atoms with van der Waals surface area (Å²) in [6, 6.07) is 8.00. The van der Waals surface area contributed by atoms with Crippen LogP contribution in [-0.2, 0) is 20.8 Å². The number of hydrogen-bond donors (Lipinski definition) is 2. The number of nitrogens with zero attached hydrogens (tertiary/aromatic N) is 1. The quantitative estimate of drug-likeness (QED) is 0.744. The van der Waals surface area contributed by atoms with Crippen molar-refractivity contribution in [2.24, 2.45) is 5.92 Å². The van der Waals surface area contributed by atoms with Gasteiger partial charge < -0.3 is 15.3 Å². The van der Waals surface area contributed by atoms with Crippen molar-refractivity contribution in [2.75, 3.05) is 7.05 Å². The van der Waals surface area contributed by atoms with Gasteiger partial charge in [-0.3, -0.25) is 9.59 Å². The lowest BCUT2D eigenvalue weighted by atomic mass is 10.0. The summed E-state index contributed by atoms with van der Waals surface area (Å²) in [7, 11) is 1.51. The van der Waals surface area contributed by atoms with Crippen molar-refractivity contribution in [3.63, 3.8) is 0 Å². The van der Waals surface area contributed by atoms with E-state index in [9.17, 15) is 19.5 Å². The van der Waals surface area contributed by atoms with Gasteiger partial charge in [0, 0.05) is 31.8 Å². The number of hydrogen-bond acceptors (Lipinski definition) is 3. The van der Waals surface area contributed by atoms with Crippen molar-refractivity contribution in [2.45, 2.75) is 57.5 Å². The van der Waals surface area contributed by atoms with Crippen LogP contribution in [0.3, 0.4) is 0 Å². The van der Waals surface area contributed by atoms with Crippen LogP contribution in [0.4, 0.5) is 0 Å². The molecule has 6 heteroatoms. The maximum absolute atomic E-state index is 12.5. The fraction of sp³-hybridized carbons (Fsp3) is 0.550. The van der Waals surface area contributed by atoms with Crippen LogP contribution in [-0.4, -0.2) is 46.9 Å². The molecule has 1 saturated carbocycles. The zero-order valence-corrected chi connectivity index (χ0v) is 15.5. The van der Waals surface area contributed by atoms with Gasteiger partial charge in [-0.1, -0.05) is 43.2 Å². The van der Waals surface area contributed by atoms with Gasteiger partial charge in [0.2, 0.25) is 11.8 Å². The first-order valence-corrected chi connectivity index (χ1v) is 9.21. The second-order valence-corrected chi connectivity index (χ2v) is 7.14.